The fourth-order valence-electron chi connectivity index (χ4n) is 3.47. The van der Waals surface area contributed by atoms with E-state index in [1.165, 1.54) is 22.3 Å². The summed E-state index contributed by atoms with van der Waals surface area (Å²) in [5, 5.41) is 10.3. The van der Waals surface area contributed by atoms with E-state index in [1.807, 2.05) is 12.1 Å². The van der Waals surface area contributed by atoms with Crippen LogP contribution >= 0.6 is 0 Å². The van der Waals surface area contributed by atoms with Crippen LogP contribution in [0.4, 0.5) is 0 Å². The Hall–Kier alpha value is -1.96. The van der Waals surface area contributed by atoms with Crippen LogP contribution in [0.15, 0.2) is 24.3 Å². The first-order valence-electron chi connectivity index (χ1n) is 7.96. The van der Waals surface area contributed by atoms with Crippen LogP contribution in [0.25, 0.3) is 0 Å². The van der Waals surface area contributed by atoms with Gasteiger partial charge in [0, 0.05) is 11.5 Å². The van der Waals surface area contributed by atoms with Crippen LogP contribution in [0.3, 0.4) is 0 Å². The molecule has 1 unspecified atom stereocenters. The van der Waals surface area contributed by atoms with Gasteiger partial charge in [-0.25, -0.2) is 0 Å². The average molecular weight is 296 g/mol. The second-order valence-electron chi connectivity index (χ2n) is 6.71. The fraction of sp³-hybridized carbons (Fsp3) is 0.400. The van der Waals surface area contributed by atoms with Crippen molar-refractivity contribution in [1.82, 2.24) is 0 Å². The lowest BCUT2D eigenvalue weighted by molar-refractivity contribution is 0.340. The Kier molecular flexibility index (Phi) is 3.64. The van der Waals surface area contributed by atoms with Gasteiger partial charge in [0.2, 0.25) is 0 Å². The summed E-state index contributed by atoms with van der Waals surface area (Å²) < 4.78 is 5.99. The summed E-state index contributed by atoms with van der Waals surface area (Å²) in [4.78, 5) is 0. The quantitative estimate of drug-likeness (QED) is 0.848. The molecule has 3 rings (SSSR count). The molecule has 22 heavy (non-hydrogen) atoms. The van der Waals surface area contributed by atoms with Crippen LogP contribution in [0.5, 0.6) is 11.5 Å². The molecule has 2 heteroatoms. The summed E-state index contributed by atoms with van der Waals surface area (Å²) in [7, 11) is 0. The van der Waals surface area contributed by atoms with E-state index in [0.717, 1.165) is 16.9 Å². The van der Waals surface area contributed by atoms with Gasteiger partial charge in [0.15, 0.2) is 0 Å². The highest BCUT2D eigenvalue weighted by Gasteiger charge is 2.30. The lowest BCUT2D eigenvalue weighted by Crippen LogP contribution is -2.04. The molecule has 116 valence electrons. The first-order chi connectivity index (χ1) is 10.4. The van der Waals surface area contributed by atoms with E-state index in [9.17, 15) is 5.11 Å². The second kappa shape index (κ2) is 5.35. The summed E-state index contributed by atoms with van der Waals surface area (Å²) in [5.41, 5.74) is 7.18. The summed E-state index contributed by atoms with van der Waals surface area (Å²) in [5.74, 6) is 1.96. The van der Waals surface area contributed by atoms with Crippen LogP contribution in [0.2, 0.25) is 0 Å². The minimum absolute atomic E-state index is 0.210. The van der Waals surface area contributed by atoms with Gasteiger partial charge in [-0.15, -0.1) is 0 Å². The zero-order valence-corrected chi connectivity index (χ0v) is 14.0. The third-order valence-corrected chi connectivity index (χ3v) is 4.86. The molecule has 1 N–H and O–H groups in total. The lowest BCUT2D eigenvalue weighted by atomic mass is 9.86. The van der Waals surface area contributed by atoms with Gasteiger partial charge < -0.3 is 9.84 Å². The van der Waals surface area contributed by atoms with Gasteiger partial charge in [0.1, 0.15) is 11.5 Å². The fourth-order valence-corrected chi connectivity index (χ4v) is 3.47. The molecule has 0 radical (unpaired) electrons. The third kappa shape index (κ3) is 2.27. The van der Waals surface area contributed by atoms with E-state index < -0.39 is 0 Å². The molecular weight excluding hydrogens is 272 g/mol. The minimum atomic E-state index is 0.210. The van der Waals surface area contributed by atoms with Crippen LogP contribution in [0.1, 0.15) is 59.1 Å². The normalized spacial score (nSPS) is 16.7. The number of hydrogen-bond acceptors (Lipinski definition) is 2. The number of ether oxygens (including phenoxy) is 1. The van der Waals surface area contributed by atoms with Crippen LogP contribution in [-0.4, -0.2) is 11.7 Å². The number of hydrogen-bond donors (Lipinski definition) is 1. The van der Waals surface area contributed by atoms with E-state index in [4.69, 9.17) is 4.74 Å². The van der Waals surface area contributed by atoms with Crippen molar-refractivity contribution in [3.05, 3.63) is 57.6 Å². The zero-order valence-electron chi connectivity index (χ0n) is 14.0. The molecule has 0 aromatic heterocycles. The lowest BCUT2D eigenvalue weighted by Gasteiger charge is -2.16. The second-order valence-corrected chi connectivity index (χ2v) is 6.71. The predicted octanol–water partition coefficient (Wildman–Crippen LogP) is 4.97. The molecule has 1 heterocycles. The highest BCUT2D eigenvalue weighted by molar-refractivity contribution is 5.57. The zero-order chi connectivity index (χ0) is 16.0. The highest BCUT2D eigenvalue weighted by atomic mass is 16.5. The number of phenols is 1. The first kappa shape index (κ1) is 15.0. The highest BCUT2D eigenvalue weighted by Crippen LogP contribution is 2.44. The van der Waals surface area contributed by atoms with Gasteiger partial charge >= 0.3 is 0 Å². The maximum Gasteiger partial charge on any atom is 0.126 e. The molecule has 0 saturated heterocycles. The molecule has 1 atom stereocenters. The molecule has 0 saturated carbocycles. The number of rotatable bonds is 2. The summed E-state index contributed by atoms with van der Waals surface area (Å²) in [6.07, 6.45) is 0. The van der Waals surface area contributed by atoms with Crippen molar-refractivity contribution in [2.45, 2.75) is 46.5 Å². The van der Waals surface area contributed by atoms with Crippen LogP contribution in [0, 0.1) is 20.8 Å². The molecule has 2 nitrogen and oxygen atoms in total. The van der Waals surface area contributed by atoms with Gasteiger partial charge in [-0.05, 0) is 60.6 Å². The predicted molar refractivity (Wildman–Crippen MR) is 90.2 cm³/mol. The molecule has 0 fully saturated rings. The van der Waals surface area contributed by atoms with Crippen LogP contribution in [-0.2, 0) is 0 Å². The summed E-state index contributed by atoms with van der Waals surface area (Å²) in [6.45, 7) is 11.2. The Morgan fingerprint density at radius 3 is 2.45 bits per heavy atom. The van der Waals surface area contributed by atoms with Crippen molar-refractivity contribution in [1.29, 1.82) is 0 Å². The first-order valence-corrected chi connectivity index (χ1v) is 7.96. The molecule has 0 bridgehead atoms. The Bertz CT molecular complexity index is 729. The number of benzene rings is 2. The largest absolute Gasteiger partial charge is 0.508 e. The van der Waals surface area contributed by atoms with E-state index in [-0.39, 0.29) is 5.92 Å². The third-order valence-electron chi connectivity index (χ3n) is 4.86. The van der Waals surface area contributed by atoms with Crippen molar-refractivity contribution in [2.75, 3.05) is 6.61 Å². The summed E-state index contributed by atoms with van der Waals surface area (Å²) >= 11 is 0. The van der Waals surface area contributed by atoms with Crippen LogP contribution < -0.4 is 4.74 Å². The Morgan fingerprint density at radius 2 is 1.82 bits per heavy atom. The van der Waals surface area contributed by atoms with E-state index in [1.54, 1.807) is 0 Å². The van der Waals surface area contributed by atoms with Gasteiger partial charge in [-0.1, -0.05) is 32.0 Å². The molecule has 0 spiro atoms. The van der Waals surface area contributed by atoms with Crippen molar-refractivity contribution in [3.63, 3.8) is 0 Å². The number of aryl methyl sites for hydroxylation is 2. The molecule has 0 aliphatic carbocycles. The SMILES string of the molecule is Cc1cc(C)c2c(c1C)OCC2c1ccc(C(C)C)c(O)c1. The number of aromatic hydroxyl groups is 1. The van der Waals surface area contributed by atoms with Crippen molar-refractivity contribution >= 4 is 0 Å². The smallest absolute Gasteiger partial charge is 0.126 e. The average Bonchev–Trinajstić information content (AvgIpc) is 2.89. The molecule has 1 aliphatic heterocycles. The maximum atomic E-state index is 10.3. The van der Waals surface area contributed by atoms with Gasteiger partial charge in [0.25, 0.3) is 0 Å². The number of phenolic OH excluding ortho intramolecular Hbond substituents is 1. The standard InChI is InChI=1S/C20H24O2/c1-11(2)16-7-6-15(9-18(16)21)17-10-22-20-14(5)12(3)8-13(4)19(17)20/h6-9,11,17,21H,10H2,1-5H3. The topological polar surface area (TPSA) is 29.5 Å². The summed E-state index contributed by atoms with van der Waals surface area (Å²) in [6, 6.07) is 8.32. The van der Waals surface area contributed by atoms with Gasteiger partial charge in [0.05, 0.1) is 6.61 Å². The van der Waals surface area contributed by atoms with E-state index in [2.05, 4.69) is 46.8 Å². The van der Waals surface area contributed by atoms with Crippen molar-refractivity contribution in [2.24, 2.45) is 0 Å². The monoisotopic (exact) mass is 296 g/mol. The maximum absolute atomic E-state index is 10.3. The van der Waals surface area contributed by atoms with Gasteiger partial charge in [-0.2, -0.15) is 0 Å². The molecular formula is C20H24O2. The minimum Gasteiger partial charge on any atom is -0.508 e. The number of fused-ring (bicyclic) bond motifs is 1. The van der Waals surface area contributed by atoms with Gasteiger partial charge in [-0.3, -0.25) is 0 Å². The Morgan fingerprint density at radius 1 is 1.09 bits per heavy atom. The molecule has 1 aliphatic rings. The molecule has 2 aromatic rings. The van der Waals surface area contributed by atoms with E-state index in [0.29, 0.717) is 18.3 Å². The molecule has 2 aromatic carbocycles. The Labute approximate surface area is 132 Å². The van der Waals surface area contributed by atoms with E-state index >= 15 is 0 Å². The Balaban J connectivity index is 2.08. The van der Waals surface area contributed by atoms with Crippen molar-refractivity contribution < 1.29 is 9.84 Å². The molecule has 0 amide bonds. The van der Waals surface area contributed by atoms with Crippen molar-refractivity contribution in [3.8, 4) is 11.5 Å².